The molecule has 0 radical (unpaired) electrons. The summed E-state index contributed by atoms with van der Waals surface area (Å²) in [4.78, 5) is 16.9. The van der Waals surface area contributed by atoms with Crippen molar-refractivity contribution in [3.8, 4) is 5.69 Å². The van der Waals surface area contributed by atoms with Crippen LogP contribution in [0.2, 0.25) is 0 Å². The van der Waals surface area contributed by atoms with Gasteiger partial charge in [-0.15, -0.1) is 0 Å². The maximum absolute atomic E-state index is 12.4. The zero-order valence-electron chi connectivity index (χ0n) is 15.8. The lowest BCUT2D eigenvalue weighted by Crippen LogP contribution is -2.31. The fraction of sp³-hybridized carbons (Fsp3) is 0.364. The molecule has 1 N–H and O–H groups in total. The quantitative estimate of drug-likeness (QED) is 0.744. The number of hydrogen-bond acceptors (Lipinski definition) is 3. The number of aromatic nitrogens is 2. The van der Waals surface area contributed by atoms with Gasteiger partial charge < -0.3 is 10.1 Å². The highest BCUT2D eigenvalue weighted by Crippen LogP contribution is 2.22. The van der Waals surface area contributed by atoms with Crippen LogP contribution in [0, 0.1) is 0 Å². The first-order valence-electron chi connectivity index (χ1n) is 9.59. The summed E-state index contributed by atoms with van der Waals surface area (Å²) >= 11 is 0. The summed E-state index contributed by atoms with van der Waals surface area (Å²) in [6.07, 6.45) is 4.04. The topological polar surface area (TPSA) is 56.2 Å². The molecule has 1 fully saturated rings. The van der Waals surface area contributed by atoms with E-state index in [0.29, 0.717) is 18.0 Å². The summed E-state index contributed by atoms with van der Waals surface area (Å²) in [7, 11) is 0. The third kappa shape index (κ3) is 3.74. The SMILES string of the molecule is CC(C)c1ccc(-n2cnc3cc(C(=O)NCC4CCCO4)ccc32)cc1. The van der Waals surface area contributed by atoms with Crippen LogP contribution in [0.1, 0.15) is 48.5 Å². The van der Waals surface area contributed by atoms with E-state index >= 15 is 0 Å². The van der Waals surface area contributed by atoms with Gasteiger partial charge in [0.25, 0.3) is 5.91 Å². The van der Waals surface area contributed by atoms with Crippen LogP contribution in [0.25, 0.3) is 16.7 Å². The van der Waals surface area contributed by atoms with E-state index < -0.39 is 0 Å². The van der Waals surface area contributed by atoms with Crippen molar-refractivity contribution in [3.05, 3.63) is 59.9 Å². The molecule has 2 heterocycles. The van der Waals surface area contributed by atoms with Crippen LogP contribution in [0.3, 0.4) is 0 Å². The molecular formula is C22H25N3O2. The number of fused-ring (bicyclic) bond motifs is 1. The van der Waals surface area contributed by atoms with Crippen LogP contribution in [0.4, 0.5) is 0 Å². The molecule has 4 rings (SSSR count). The van der Waals surface area contributed by atoms with Gasteiger partial charge in [0, 0.05) is 24.4 Å². The highest BCUT2D eigenvalue weighted by molar-refractivity contribution is 5.97. The van der Waals surface area contributed by atoms with Crippen LogP contribution in [-0.2, 0) is 4.74 Å². The second-order valence-corrected chi connectivity index (χ2v) is 7.41. The predicted molar refractivity (Wildman–Crippen MR) is 106 cm³/mol. The molecule has 1 atom stereocenters. The molecule has 27 heavy (non-hydrogen) atoms. The van der Waals surface area contributed by atoms with E-state index in [9.17, 15) is 4.79 Å². The molecule has 140 valence electrons. The third-order valence-corrected chi connectivity index (χ3v) is 5.16. The van der Waals surface area contributed by atoms with E-state index in [4.69, 9.17) is 4.74 Å². The average molecular weight is 363 g/mol. The van der Waals surface area contributed by atoms with Crippen molar-refractivity contribution >= 4 is 16.9 Å². The highest BCUT2D eigenvalue weighted by atomic mass is 16.5. The van der Waals surface area contributed by atoms with Gasteiger partial charge in [0.05, 0.1) is 17.1 Å². The first-order valence-corrected chi connectivity index (χ1v) is 9.59. The molecule has 5 nitrogen and oxygen atoms in total. The zero-order valence-corrected chi connectivity index (χ0v) is 15.8. The molecule has 1 saturated heterocycles. The predicted octanol–water partition coefficient (Wildman–Crippen LogP) is 4.06. The van der Waals surface area contributed by atoms with Gasteiger partial charge in [0.15, 0.2) is 0 Å². The van der Waals surface area contributed by atoms with Crippen molar-refractivity contribution in [2.75, 3.05) is 13.2 Å². The number of carbonyl (C=O) groups excluding carboxylic acids is 1. The van der Waals surface area contributed by atoms with E-state index in [2.05, 4.69) is 48.4 Å². The molecule has 2 aromatic carbocycles. The summed E-state index contributed by atoms with van der Waals surface area (Å²) in [6, 6.07) is 14.2. The fourth-order valence-electron chi connectivity index (χ4n) is 3.49. The van der Waals surface area contributed by atoms with Gasteiger partial charge in [-0.1, -0.05) is 26.0 Å². The molecule has 1 amide bonds. The van der Waals surface area contributed by atoms with Crippen LogP contribution < -0.4 is 5.32 Å². The van der Waals surface area contributed by atoms with E-state index in [-0.39, 0.29) is 12.0 Å². The monoisotopic (exact) mass is 363 g/mol. The standard InChI is InChI=1S/C22H25N3O2/c1-15(2)16-5-8-18(9-6-16)25-14-24-20-12-17(7-10-21(20)25)22(26)23-13-19-4-3-11-27-19/h5-10,12,14-15,19H,3-4,11,13H2,1-2H3,(H,23,26). The summed E-state index contributed by atoms with van der Waals surface area (Å²) in [5, 5.41) is 2.96. The minimum absolute atomic E-state index is 0.0803. The maximum Gasteiger partial charge on any atom is 0.251 e. The number of imidazole rings is 1. The van der Waals surface area contributed by atoms with Crippen molar-refractivity contribution in [1.29, 1.82) is 0 Å². The molecule has 5 heteroatoms. The molecule has 0 aliphatic carbocycles. The van der Waals surface area contributed by atoms with E-state index in [1.165, 1.54) is 5.56 Å². The second kappa shape index (κ2) is 7.53. The summed E-state index contributed by atoms with van der Waals surface area (Å²) in [5.74, 6) is 0.428. The van der Waals surface area contributed by atoms with Gasteiger partial charge >= 0.3 is 0 Å². The van der Waals surface area contributed by atoms with Crippen molar-refractivity contribution < 1.29 is 9.53 Å². The fourth-order valence-corrected chi connectivity index (χ4v) is 3.49. The molecule has 1 aliphatic heterocycles. The maximum atomic E-state index is 12.4. The Kier molecular flexibility index (Phi) is 4.94. The van der Waals surface area contributed by atoms with Gasteiger partial charge in [-0.25, -0.2) is 4.98 Å². The number of rotatable bonds is 5. The van der Waals surface area contributed by atoms with Crippen molar-refractivity contribution in [2.45, 2.75) is 38.7 Å². The first kappa shape index (κ1) is 17.7. The lowest BCUT2D eigenvalue weighted by molar-refractivity contribution is 0.0858. The second-order valence-electron chi connectivity index (χ2n) is 7.41. The Labute approximate surface area is 159 Å². The Hall–Kier alpha value is -2.66. The molecule has 0 bridgehead atoms. The van der Waals surface area contributed by atoms with Crippen LogP contribution in [0.15, 0.2) is 48.8 Å². The molecule has 0 spiro atoms. The summed E-state index contributed by atoms with van der Waals surface area (Å²) < 4.78 is 7.60. The number of nitrogens with zero attached hydrogens (tertiary/aromatic N) is 2. The number of nitrogens with one attached hydrogen (secondary N) is 1. The van der Waals surface area contributed by atoms with E-state index in [1.54, 1.807) is 0 Å². The van der Waals surface area contributed by atoms with Gasteiger partial charge in [0.1, 0.15) is 6.33 Å². The van der Waals surface area contributed by atoms with Crippen molar-refractivity contribution in [3.63, 3.8) is 0 Å². The van der Waals surface area contributed by atoms with Crippen molar-refractivity contribution in [1.82, 2.24) is 14.9 Å². The van der Waals surface area contributed by atoms with Gasteiger partial charge in [0.2, 0.25) is 0 Å². The van der Waals surface area contributed by atoms with E-state index in [1.807, 2.05) is 29.1 Å². The molecular weight excluding hydrogens is 338 g/mol. The van der Waals surface area contributed by atoms with E-state index in [0.717, 1.165) is 36.2 Å². The normalized spacial score (nSPS) is 16.9. The molecule has 1 aliphatic rings. The summed E-state index contributed by atoms with van der Waals surface area (Å²) in [5.41, 5.74) is 4.81. The Morgan fingerprint density at radius 2 is 2.07 bits per heavy atom. The van der Waals surface area contributed by atoms with Gasteiger partial charge in [-0.3, -0.25) is 9.36 Å². The number of ether oxygens (including phenoxy) is 1. The average Bonchev–Trinajstić information content (AvgIpc) is 3.35. The molecule has 1 aromatic heterocycles. The largest absolute Gasteiger partial charge is 0.376 e. The molecule has 1 unspecified atom stereocenters. The third-order valence-electron chi connectivity index (χ3n) is 5.16. The lowest BCUT2D eigenvalue weighted by Gasteiger charge is -2.11. The smallest absolute Gasteiger partial charge is 0.251 e. The number of benzene rings is 2. The Balaban J connectivity index is 1.53. The number of amides is 1. The van der Waals surface area contributed by atoms with Gasteiger partial charge in [-0.2, -0.15) is 0 Å². The Bertz CT molecular complexity index is 938. The minimum Gasteiger partial charge on any atom is -0.376 e. The Morgan fingerprint density at radius 3 is 2.78 bits per heavy atom. The number of carbonyl (C=O) groups is 1. The van der Waals surface area contributed by atoms with Crippen LogP contribution in [-0.4, -0.2) is 34.7 Å². The summed E-state index contributed by atoms with van der Waals surface area (Å²) in [6.45, 7) is 5.73. The lowest BCUT2D eigenvalue weighted by atomic mass is 10.0. The zero-order chi connectivity index (χ0) is 18.8. The highest BCUT2D eigenvalue weighted by Gasteiger charge is 2.17. The number of hydrogen-bond donors (Lipinski definition) is 1. The first-order chi connectivity index (χ1) is 13.1. The Morgan fingerprint density at radius 1 is 1.26 bits per heavy atom. The van der Waals surface area contributed by atoms with Gasteiger partial charge in [-0.05, 0) is 54.7 Å². The van der Waals surface area contributed by atoms with Crippen molar-refractivity contribution in [2.24, 2.45) is 0 Å². The molecule has 0 saturated carbocycles. The van der Waals surface area contributed by atoms with Crippen LogP contribution in [0.5, 0.6) is 0 Å². The van der Waals surface area contributed by atoms with Crippen LogP contribution >= 0.6 is 0 Å². The minimum atomic E-state index is -0.0803. The molecule has 3 aromatic rings.